The van der Waals surface area contributed by atoms with E-state index >= 15 is 0 Å². The highest BCUT2D eigenvalue weighted by atomic mass is 32.1. The third kappa shape index (κ3) is 4.40. The van der Waals surface area contributed by atoms with E-state index in [1.807, 2.05) is 54.0 Å². The lowest BCUT2D eigenvalue weighted by atomic mass is 10.1. The van der Waals surface area contributed by atoms with Crippen molar-refractivity contribution in [2.75, 3.05) is 5.32 Å². The summed E-state index contributed by atoms with van der Waals surface area (Å²) >= 11 is 1.50. The first-order valence-corrected chi connectivity index (χ1v) is 10.0. The normalized spacial score (nSPS) is 10.9. The number of carbonyl (C=O) groups is 1. The lowest BCUT2D eigenvalue weighted by molar-refractivity contribution is -0.145. The van der Waals surface area contributed by atoms with Crippen LogP contribution in [0.5, 0.6) is 0 Å². The Bertz CT molecular complexity index is 1080. The van der Waals surface area contributed by atoms with Crippen LogP contribution in [-0.4, -0.2) is 15.9 Å². The van der Waals surface area contributed by atoms with Gasteiger partial charge in [0.1, 0.15) is 6.61 Å². The van der Waals surface area contributed by atoms with Crippen LogP contribution in [0.4, 0.5) is 10.8 Å². The van der Waals surface area contributed by atoms with E-state index in [1.165, 1.54) is 16.9 Å². The Balaban J connectivity index is 1.27. The number of benzene rings is 2. The molecular formula is C22H21N3O2S. The lowest BCUT2D eigenvalue weighted by Gasteiger charge is -2.04. The van der Waals surface area contributed by atoms with Crippen LogP contribution in [0.2, 0.25) is 0 Å². The number of hydrogen-bond donors (Lipinski definition) is 2. The summed E-state index contributed by atoms with van der Waals surface area (Å²) in [7, 11) is 0. The average Bonchev–Trinajstić information content (AvgIpc) is 3.33. The number of fused-ring (bicyclic) bond motifs is 1. The SMILES string of the molecule is Cc1ccc(Nc2nc(COC(=O)CCc3c[nH]c4ccccc34)cs2)cc1. The third-order valence-corrected chi connectivity index (χ3v) is 5.32. The summed E-state index contributed by atoms with van der Waals surface area (Å²) in [5.41, 5.74) is 5.17. The molecule has 0 radical (unpaired) electrons. The number of ether oxygens (including phenoxy) is 1. The highest BCUT2D eigenvalue weighted by molar-refractivity contribution is 7.13. The Labute approximate surface area is 167 Å². The van der Waals surface area contributed by atoms with Gasteiger partial charge in [0.25, 0.3) is 0 Å². The van der Waals surface area contributed by atoms with Crippen LogP contribution in [0.1, 0.15) is 23.2 Å². The average molecular weight is 391 g/mol. The zero-order valence-electron chi connectivity index (χ0n) is 15.6. The molecule has 2 N–H and O–H groups in total. The fraction of sp³-hybridized carbons (Fsp3) is 0.182. The summed E-state index contributed by atoms with van der Waals surface area (Å²) in [5.74, 6) is -0.216. The Morgan fingerprint density at radius 1 is 1.18 bits per heavy atom. The van der Waals surface area contributed by atoms with Crippen LogP contribution in [0.25, 0.3) is 10.9 Å². The Morgan fingerprint density at radius 2 is 2.00 bits per heavy atom. The summed E-state index contributed by atoms with van der Waals surface area (Å²) in [6.07, 6.45) is 2.96. The highest BCUT2D eigenvalue weighted by Crippen LogP contribution is 2.22. The lowest BCUT2D eigenvalue weighted by Crippen LogP contribution is -2.06. The van der Waals surface area contributed by atoms with Gasteiger partial charge in [0, 0.05) is 34.6 Å². The minimum absolute atomic E-state index is 0.193. The van der Waals surface area contributed by atoms with Gasteiger partial charge in [0.05, 0.1) is 5.69 Å². The maximum absolute atomic E-state index is 12.1. The van der Waals surface area contributed by atoms with Crippen molar-refractivity contribution in [3.63, 3.8) is 0 Å². The number of aromatic nitrogens is 2. The molecule has 0 saturated carbocycles. The number of nitrogens with one attached hydrogen (secondary N) is 2. The molecule has 5 nitrogen and oxygen atoms in total. The number of esters is 1. The van der Waals surface area contributed by atoms with Gasteiger partial charge in [-0.2, -0.15) is 0 Å². The molecule has 0 saturated heterocycles. The van der Waals surface area contributed by atoms with Crippen molar-refractivity contribution in [2.45, 2.75) is 26.4 Å². The number of carbonyl (C=O) groups excluding carboxylic acids is 1. The van der Waals surface area contributed by atoms with Gasteiger partial charge < -0.3 is 15.0 Å². The topological polar surface area (TPSA) is 67.0 Å². The van der Waals surface area contributed by atoms with Crippen molar-refractivity contribution in [3.05, 3.63) is 76.9 Å². The number of nitrogens with zero attached hydrogens (tertiary/aromatic N) is 1. The molecule has 4 rings (SSSR count). The summed E-state index contributed by atoms with van der Waals surface area (Å²) in [6, 6.07) is 16.2. The van der Waals surface area contributed by atoms with Crippen molar-refractivity contribution in [1.29, 1.82) is 0 Å². The molecule has 2 aromatic heterocycles. The fourth-order valence-corrected chi connectivity index (χ4v) is 3.71. The van der Waals surface area contributed by atoms with E-state index in [9.17, 15) is 4.79 Å². The van der Waals surface area contributed by atoms with E-state index in [1.54, 1.807) is 0 Å². The fourth-order valence-electron chi connectivity index (χ4n) is 2.99. The Morgan fingerprint density at radius 3 is 2.86 bits per heavy atom. The highest BCUT2D eigenvalue weighted by Gasteiger charge is 2.09. The van der Waals surface area contributed by atoms with Crippen molar-refractivity contribution < 1.29 is 9.53 Å². The van der Waals surface area contributed by atoms with Crippen LogP contribution in [0, 0.1) is 6.92 Å². The van der Waals surface area contributed by atoms with Crippen molar-refractivity contribution >= 4 is 39.0 Å². The summed E-state index contributed by atoms with van der Waals surface area (Å²) in [4.78, 5) is 19.8. The second-order valence-corrected chi connectivity index (χ2v) is 7.51. The van der Waals surface area contributed by atoms with Crippen molar-refractivity contribution in [3.8, 4) is 0 Å². The van der Waals surface area contributed by atoms with Crippen molar-refractivity contribution in [2.24, 2.45) is 0 Å². The number of rotatable bonds is 7. The maximum Gasteiger partial charge on any atom is 0.306 e. The summed E-state index contributed by atoms with van der Waals surface area (Å²) < 4.78 is 5.38. The molecule has 28 heavy (non-hydrogen) atoms. The van der Waals surface area contributed by atoms with Crippen LogP contribution in [0.15, 0.2) is 60.1 Å². The van der Waals surface area contributed by atoms with E-state index < -0.39 is 0 Å². The van der Waals surface area contributed by atoms with E-state index in [0.29, 0.717) is 12.8 Å². The number of anilines is 2. The molecule has 0 spiro atoms. The van der Waals surface area contributed by atoms with Gasteiger partial charge in [-0.05, 0) is 37.1 Å². The van der Waals surface area contributed by atoms with Crippen LogP contribution >= 0.6 is 11.3 Å². The largest absolute Gasteiger partial charge is 0.459 e. The van der Waals surface area contributed by atoms with Gasteiger partial charge in [0.15, 0.2) is 5.13 Å². The second-order valence-electron chi connectivity index (χ2n) is 6.66. The zero-order chi connectivity index (χ0) is 19.3. The molecule has 142 valence electrons. The molecule has 0 bridgehead atoms. The predicted molar refractivity (Wildman–Crippen MR) is 113 cm³/mol. The minimum Gasteiger partial charge on any atom is -0.459 e. The van der Waals surface area contributed by atoms with Gasteiger partial charge in [-0.1, -0.05) is 35.9 Å². The number of H-pyrrole nitrogens is 1. The summed E-state index contributed by atoms with van der Waals surface area (Å²) in [5, 5.41) is 7.11. The molecule has 6 heteroatoms. The molecule has 0 amide bonds. The number of aryl methyl sites for hydroxylation is 2. The second kappa shape index (κ2) is 8.27. The molecule has 0 aliphatic carbocycles. The number of hydrogen-bond acceptors (Lipinski definition) is 5. The molecule has 2 aromatic carbocycles. The van der Waals surface area contributed by atoms with E-state index in [0.717, 1.165) is 33.0 Å². The third-order valence-electron chi connectivity index (χ3n) is 4.51. The first-order chi connectivity index (χ1) is 13.7. The minimum atomic E-state index is -0.216. The Hall–Kier alpha value is -3.12. The maximum atomic E-state index is 12.1. The number of aromatic amines is 1. The van der Waals surface area contributed by atoms with Crippen LogP contribution < -0.4 is 5.32 Å². The first-order valence-electron chi connectivity index (χ1n) is 9.16. The molecule has 0 aliphatic rings. The van der Waals surface area contributed by atoms with Gasteiger partial charge in [-0.15, -0.1) is 11.3 Å². The van der Waals surface area contributed by atoms with Gasteiger partial charge >= 0.3 is 5.97 Å². The van der Waals surface area contributed by atoms with Crippen LogP contribution in [-0.2, 0) is 22.6 Å². The first kappa shape index (κ1) is 18.3. The smallest absolute Gasteiger partial charge is 0.306 e. The quantitative estimate of drug-likeness (QED) is 0.417. The summed E-state index contributed by atoms with van der Waals surface area (Å²) in [6.45, 7) is 2.25. The molecule has 0 atom stereocenters. The zero-order valence-corrected chi connectivity index (χ0v) is 16.4. The van der Waals surface area contributed by atoms with Gasteiger partial charge in [-0.25, -0.2) is 4.98 Å². The molecular weight excluding hydrogens is 370 g/mol. The van der Waals surface area contributed by atoms with E-state index in [-0.39, 0.29) is 12.6 Å². The monoisotopic (exact) mass is 391 g/mol. The molecule has 0 unspecified atom stereocenters. The van der Waals surface area contributed by atoms with Crippen LogP contribution in [0.3, 0.4) is 0 Å². The molecule has 0 aliphatic heterocycles. The van der Waals surface area contributed by atoms with Crippen molar-refractivity contribution in [1.82, 2.24) is 9.97 Å². The Kier molecular flexibility index (Phi) is 5.39. The van der Waals surface area contributed by atoms with Gasteiger partial charge in [-0.3, -0.25) is 4.79 Å². The van der Waals surface area contributed by atoms with E-state index in [4.69, 9.17) is 4.74 Å². The molecule has 0 fully saturated rings. The number of thiazole rings is 1. The molecule has 2 heterocycles. The predicted octanol–water partition coefficient (Wildman–Crippen LogP) is 5.35. The van der Waals surface area contributed by atoms with Gasteiger partial charge in [0.2, 0.25) is 0 Å². The number of para-hydroxylation sites is 1. The standard InChI is InChI=1S/C22H21N3O2S/c1-15-6-9-17(10-7-15)24-22-25-18(14-28-22)13-27-21(26)11-8-16-12-23-20-5-3-2-4-19(16)20/h2-7,9-10,12,14,23H,8,11,13H2,1H3,(H,24,25). The molecule has 4 aromatic rings. The van der Waals surface area contributed by atoms with E-state index in [2.05, 4.69) is 28.3 Å².